The van der Waals surface area contributed by atoms with Crippen LogP contribution in [0.5, 0.6) is 0 Å². The Morgan fingerprint density at radius 3 is 1.50 bits per heavy atom. The quantitative estimate of drug-likeness (QED) is 0.659. The van der Waals surface area contributed by atoms with Crippen LogP contribution in [0, 0.1) is 0 Å². The SMILES string of the molecule is C[Si](C)(C)[CH2][Zr]([CH]1C=CC=C1)[CH]1C=CC=C1. The van der Waals surface area contributed by atoms with E-state index < -0.39 is 29.8 Å². The number of hydrogen-bond donors (Lipinski definition) is 0. The third-order valence-electron chi connectivity index (χ3n) is 3.09. The molecule has 0 amide bonds. The van der Waals surface area contributed by atoms with Gasteiger partial charge in [-0.05, 0) is 0 Å². The molecule has 0 radical (unpaired) electrons. The second kappa shape index (κ2) is 5.14. The Morgan fingerprint density at radius 2 is 1.19 bits per heavy atom. The van der Waals surface area contributed by atoms with E-state index in [1.54, 1.807) is 3.75 Å². The van der Waals surface area contributed by atoms with Crippen LogP contribution in [0.4, 0.5) is 0 Å². The monoisotopic (exact) mass is 307 g/mol. The van der Waals surface area contributed by atoms with Gasteiger partial charge in [0.2, 0.25) is 0 Å². The van der Waals surface area contributed by atoms with E-state index in [9.17, 15) is 0 Å². The minimum atomic E-state index is -1.38. The van der Waals surface area contributed by atoms with Crippen LogP contribution in [0.25, 0.3) is 0 Å². The average Bonchev–Trinajstić information content (AvgIpc) is 2.86. The van der Waals surface area contributed by atoms with E-state index >= 15 is 0 Å². The van der Waals surface area contributed by atoms with Crippen molar-refractivity contribution in [3.63, 3.8) is 0 Å². The van der Waals surface area contributed by atoms with Crippen molar-refractivity contribution in [3.05, 3.63) is 48.6 Å². The molecule has 0 bridgehead atoms. The molecule has 0 nitrogen and oxygen atoms in total. The van der Waals surface area contributed by atoms with Crippen LogP contribution in [-0.2, 0) is 21.8 Å². The van der Waals surface area contributed by atoms with E-state index in [-0.39, 0.29) is 0 Å². The third kappa shape index (κ3) is 3.28. The average molecular weight is 309 g/mol. The Kier molecular flexibility index (Phi) is 4.02. The molecule has 2 aliphatic carbocycles. The summed E-state index contributed by atoms with van der Waals surface area (Å²) in [5.41, 5.74) is 0. The molecular weight excluding hydrogens is 287 g/mol. The first-order chi connectivity index (χ1) is 7.56. The number of rotatable bonds is 4. The van der Waals surface area contributed by atoms with Gasteiger partial charge in [0.05, 0.1) is 0 Å². The van der Waals surface area contributed by atoms with Crippen molar-refractivity contribution < 1.29 is 21.8 Å². The van der Waals surface area contributed by atoms with Crippen LogP contribution < -0.4 is 0 Å². The van der Waals surface area contributed by atoms with Crippen molar-refractivity contribution in [3.8, 4) is 0 Å². The fourth-order valence-electron chi connectivity index (χ4n) is 2.43. The van der Waals surface area contributed by atoms with Crippen molar-refractivity contribution >= 4 is 8.07 Å². The molecule has 85 valence electrons. The predicted molar refractivity (Wildman–Crippen MR) is 72.2 cm³/mol. The molecule has 0 heterocycles. The first kappa shape index (κ1) is 12.5. The Balaban J connectivity index is 2.12. The van der Waals surface area contributed by atoms with E-state index in [0.717, 1.165) is 7.25 Å². The zero-order valence-electron chi connectivity index (χ0n) is 10.5. The molecule has 2 rings (SSSR count). The van der Waals surface area contributed by atoms with Crippen molar-refractivity contribution in [2.24, 2.45) is 0 Å². The second-order valence-corrected chi connectivity index (χ2v) is 20.1. The molecule has 0 N–H and O–H groups in total. The molecule has 0 aromatic heterocycles. The van der Waals surface area contributed by atoms with Crippen molar-refractivity contribution in [1.82, 2.24) is 0 Å². The standard InChI is InChI=1S/2C5H5.C4H11Si.Zr/c2*1-2-4-5-3-1;1-5(2,3)4;/h2*1-5H;1H2,2-4H3;. The van der Waals surface area contributed by atoms with Gasteiger partial charge in [-0.15, -0.1) is 0 Å². The Bertz CT molecular complexity index is 305. The van der Waals surface area contributed by atoms with Gasteiger partial charge in [-0.3, -0.25) is 0 Å². The number of hydrogen-bond acceptors (Lipinski definition) is 0. The fraction of sp³-hybridized carbons (Fsp3) is 0.429. The summed E-state index contributed by atoms with van der Waals surface area (Å²) in [6.45, 7) is 7.58. The van der Waals surface area contributed by atoms with Gasteiger partial charge in [-0.1, -0.05) is 0 Å². The van der Waals surface area contributed by atoms with Gasteiger partial charge < -0.3 is 0 Å². The summed E-state index contributed by atoms with van der Waals surface area (Å²) < 4.78 is 3.31. The van der Waals surface area contributed by atoms with E-state index in [0.29, 0.717) is 0 Å². The fourth-order valence-corrected chi connectivity index (χ4v) is 21.2. The molecule has 0 saturated heterocycles. The molecule has 2 aliphatic rings. The van der Waals surface area contributed by atoms with E-state index in [4.69, 9.17) is 0 Å². The molecule has 0 aliphatic heterocycles. The molecule has 0 saturated carbocycles. The van der Waals surface area contributed by atoms with Crippen LogP contribution in [0.3, 0.4) is 0 Å². The zero-order valence-corrected chi connectivity index (χ0v) is 13.9. The third-order valence-corrected chi connectivity index (χ3v) is 21.5. The zero-order chi connectivity index (χ0) is 11.6. The Morgan fingerprint density at radius 1 is 0.812 bits per heavy atom. The molecule has 16 heavy (non-hydrogen) atoms. The molecular formula is C14H21SiZr. The van der Waals surface area contributed by atoms with Crippen LogP contribution >= 0.6 is 0 Å². The molecule has 0 fully saturated rings. The van der Waals surface area contributed by atoms with E-state index in [1.807, 2.05) is 0 Å². The summed E-state index contributed by atoms with van der Waals surface area (Å²) in [6.07, 6.45) is 18.8. The first-order valence-corrected chi connectivity index (χ1v) is 14.4. The molecule has 0 unspecified atom stereocenters. The summed E-state index contributed by atoms with van der Waals surface area (Å²) in [5, 5.41) is 0. The van der Waals surface area contributed by atoms with Crippen LogP contribution in [-0.4, -0.2) is 8.07 Å². The van der Waals surface area contributed by atoms with Gasteiger partial charge in [0.1, 0.15) is 0 Å². The molecule has 0 aromatic rings. The summed E-state index contributed by atoms with van der Waals surface area (Å²) in [4.78, 5) is 0. The Labute approximate surface area is 109 Å². The normalized spacial score (nSPS) is 20.2. The van der Waals surface area contributed by atoms with Crippen molar-refractivity contribution in [2.75, 3.05) is 0 Å². The van der Waals surface area contributed by atoms with Crippen LogP contribution in [0.15, 0.2) is 48.6 Å². The molecule has 0 spiro atoms. The van der Waals surface area contributed by atoms with Crippen molar-refractivity contribution in [1.29, 1.82) is 0 Å². The molecule has 0 aromatic carbocycles. The summed E-state index contributed by atoms with van der Waals surface area (Å²) in [6, 6.07) is 0. The van der Waals surface area contributed by atoms with E-state index in [2.05, 4.69) is 68.2 Å². The van der Waals surface area contributed by atoms with Crippen LogP contribution in [0.2, 0.25) is 30.6 Å². The maximum absolute atomic E-state index is 2.53. The van der Waals surface area contributed by atoms with E-state index in [1.165, 1.54) is 0 Å². The summed E-state index contributed by atoms with van der Waals surface area (Å²) >= 11 is -1.38. The van der Waals surface area contributed by atoms with Gasteiger partial charge in [0, 0.05) is 0 Å². The van der Waals surface area contributed by atoms with Crippen LogP contribution in [0.1, 0.15) is 0 Å². The van der Waals surface area contributed by atoms with Crippen molar-refractivity contribution in [2.45, 2.75) is 30.6 Å². The predicted octanol–water partition coefficient (Wildman–Crippen LogP) is 4.73. The van der Waals surface area contributed by atoms with Gasteiger partial charge in [-0.2, -0.15) is 0 Å². The van der Waals surface area contributed by atoms with Gasteiger partial charge in [-0.25, -0.2) is 0 Å². The molecule has 2 heteroatoms. The Hall–Kier alpha value is 0.0600. The molecule has 0 atom stereocenters. The number of allylic oxidation sites excluding steroid dienone is 8. The summed E-state index contributed by atoms with van der Waals surface area (Å²) in [7, 11) is -0.904. The second-order valence-electron chi connectivity index (χ2n) is 5.90. The van der Waals surface area contributed by atoms with Gasteiger partial charge in [0.25, 0.3) is 0 Å². The maximum atomic E-state index is 2.53. The first-order valence-electron chi connectivity index (χ1n) is 6.12. The topological polar surface area (TPSA) is 0 Å². The van der Waals surface area contributed by atoms with Gasteiger partial charge >= 0.3 is 109 Å². The van der Waals surface area contributed by atoms with Gasteiger partial charge in [0.15, 0.2) is 0 Å². The minimum absolute atomic E-state index is 0.853. The summed E-state index contributed by atoms with van der Waals surface area (Å²) in [5.74, 6) is 0.